The summed E-state index contributed by atoms with van der Waals surface area (Å²) in [7, 11) is 1.41. The van der Waals surface area contributed by atoms with Gasteiger partial charge in [-0.1, -0.05) is 13.8 Å². The average Bonchev–Trinajstić information content (AvgIpc) is 2.74. The van der Waals surface area contributed by atoms with Crippen molar-refractivity contribution >= 4 is 11.8 Å². The van der Waals surface area contributed by atoms with E-state index >= 15 is 0 Å². The van der Waals surface area contributed by atoms with E-state index < -0.39 is 5.82 Å². The number of halogens is 1. The topological polar surface area (TPSA) is 58.6 Å². The van der Waals surface area contributed by atoms with Gasteiger partial charge >= 0.3 is 0 Å². The monoisotopic (exact) mass is 350 g/mol. The van der Waals surface area contributed by atoms with Crippen molar-refractivity contribution in [2.75, 3.05) is 20.2 Å². The maximum Gasteiger partial charge on any atom is 0.255 e. The highest BCUT2D eigenvalue weighted by molar-refractivity contribution is 5.97. The van der Waals surface area contributed by atoms with Crippen LogP contribution in [0.15, 0.2) is 18.2 Å². The maximum atomic E-state index is 13.3. The Hall–Kier alpha value is -2.11. The van der Waals surface area contributed by atoms with Crippen molar-refractivity contribution in [1.29, 1.82) is 0 Å². The molecule has 25 heavy (non-hydrogen) atoms. The number of nitrogens with zero attached hydrogens (tertiary/aromatic N) is 1. The summed E-state index contributed by atoms with van der Waals surface area (Å²) < 4.78 is 18.4. The highest BCUT2D eigenvalue weighted by Gasteiger charge is 2.24. The van der Waals surface area contributed by atoms with Crippen LogP contribution >= 0.6 is 0 Å². The van der Waals surface area contributed by atoms with Crippen LogP contribution in [-0.2, 0) is 4.79 Å². The fourth-order valence-electron chi connectivity index (χ4n) is 2.95. The van der Waals surface area contributed by atoms with Gasteiger partial charge in [0.25, 0.3) is 5.91 Å². The van der Waals surface area contributed by atoms with E-state index in [4.69, 9.17) is 4.74 Å². The van der Waals surface area contributed by atoms with E-state index in [-0.39, 0.29) is 23.6 Å². The van der Waals surface area contributed by atoms with Crippen molar-refractivity contribution in [3.63, 3.8) is 0 Å². The lowest BCUT2D eigenvalue weighted by atomic mass is 10.1. The van der Waals surface area contributed by atoms with E-state index in [0.29, 0.717) is 30.9 Å². The Kier molecular flexibility index (Phi) is 6.79. The minimum absolute atomic E-state index is 0.0738. The van der Waals surface area contributed by atoms with Crippen molar-refractivity contribution in [1.82, 2.24) is 10.2 Å². The Morgan fingerprint density at radius 3 is 2.84 bits per heavy atom. The summed E-state index contributed by atoms with van der Waals surface area (Å²) in [5, 5.41) is 2.96. The minimum Gasteiger partial charge on any atom is -0.496 e. The van der Waals surface area contributed by atoms with Crippen LogP contribution in [0, 0.1) is 11.7 Å². The molecular formula is C19H27FN2O3. The first-order valence-corrected chi connectivity index (χ1v) is 8.83. The smallest absolute Gasteiger partial charge is 0.255 e. The molecule has 1 aromatic carbocycles. The second-order valence-corrected chi connectivity index (χ2v) is 6.91. The molecule has 0 spiro atoms. The molecule has 1 aliphatic heterocycles. The van der Waals surface area contributed by atoms with E-state index in [0.717, 1.165) is 19.4 Å². The lowest BCUT2D eigenvalue weighted by Crippen LogP contribution is -2.36. The van der Waals surface area contributed by atoms with E-state index in [1.165, 1.54) is 25.3 Å². The van der Waals surface area contributed by atoms with E-state index in [2.05, 4.69) is 19.2 Å². The molecule has 1 N–H and O–H groups in total. The molecule has 5 nitrogen and oxygen atoms in total. The zero-order chi connectivity index (χ0) is 18.4. The van der Waals surface area contributed by atoms with Gasteiger partial charge in [0.15, 0.2) is 0 Å². The van der Waals surface area contributed by atoms with E-state index in [9.17, 15) is 14.0 Å². The SMILES string of the molecule is COc1cc(F)ccc1C(=O)NC1CCC(=O)N(CCC(C)C)CC1. The summed E-state index contributed by atoms with van der Waals surface area (Å²) in [5.41, 5.74) is 0.302. The van der Waals surface area contributed by atoms with Crippen molar-refractivity contribution < 1.29 is 18.7 Å². The minimum atomic E-state index is -0.450. The Labute approximate surface area is 148 Å². The number of methoxy groups -OCH3 is 1. The number of likely N-dealkylation sites (tertiary alicyclic amines) is 1. The second-order valence-electron chi connectivity index (χ2n) is 6.91. The summed E-state index contributed by atoms with van der Waals surface area (Å²) >= 11 is 0. The zero-order valence-electron chi connectivity index (χ0n) is 15.2. The van der Waals surface area contributed by atoms with Gasteiger partial charge in [-0.3, -0.25) is 9.59 Å². The molecule has 1 fully saturated rings. The molecule has 0 saturated carbocycles. The Balaban J connectivity index is 1.97. The highest BCUT2D eigenvalue weighted by Crippen LogP contribution is 2.21. The van der Waals surface area contributed by atoms with Crippen LogP contribution in [0.5, 0.6) is 5.75 Å². The van der Waals surface area contributed by atoms with Crippen molar-refractivity contribution in [3.05, 3.63) is 29.6 Å². The molecule has 1 aliphatic rings. The number of carbonyl (C=O) groups excluding carboxylic acids is 2. The molecule has 6 heteroatoms. The van der Waals surface area contributed by atoms with Gasteiger partial charge in [0.1, 0.15) is 11.6 Å². The Morgan fingerprint density at radius 1 is 1.40 bits per heavy atom. The Bertz CT molecular complexity index is 619. The summed E-state index contributed by atoms with van der Waals surface area (Å²) in [5.74, 6) is 0.161. The van der Waals surface area contributed by atoms with Crippen molar-refractivity contribution in [3.8, 4) is 5.75 Å². The molecule has 0 bridgehead atoms. The molecule has 1 saturated heterocycles. The molecule has 1 unspecified atom stereocenters. The second kappa shape index (κ2) is 8.83. The third kappa shape index (κ3) is 5.44. The first-order valence-electron chi connectivity index (χ1n) is 8.83. The third-order valence-corrected chi connectivity index (χ3v) is 4.53. The number of hydrogen-bond acceptors (Lipinski definition) is 3. The summed E-state index contributed by atoms with van der Waals surface area (Å²) in [6.45, 7) is 5.70. The summed E-state index contributed by atoms with van der Waals surface area (Å²) in [6, 6.07) is 3.77. The number of nitrogens with one attached hydrogen (secondary N) is 1. The van der Waals surface area contributed by atoms with Crippen LogP contribution in [0.1, 0.15) is 49.9 Å². The predicted molar refractivity (Wildman–Crippen MR) is 94.1 cm³/mol. The van der Waals surface area contributed by atoms with Gasteiger partial charge in [0.2, 0.25) is 5.91 Å². The number of benzene rings is 1. The summed E-state index contributed by atoms with van der Waals surface area (Å²) in [4.78, 5) is 26.6. The van der Waals surface area contributed by atoms with Crippen molar-refractivity contribution in [2.24, 2.45) is 5.92 Å². The van der Waals surface area contributed by atoms with Crippen LogP contribution in [0.25, 0.3) is 0 Å². The predicted octanol–water partition coefficient (Wildman–Crippen LogP) is 2.99. The molecule has 138 valence electrons. The van der Waals surface area contributed by atoms with Gasteiger partial charge in [-0.15, -0.1) is 0 Å². The number of carbonyl (C=O) groups is 2. The number of hydrogen-bond donors (Lipinski definition) is 1. The van der Waals surface area contributed by atoms with Gasteiger partial charge in [-0.25, -0.2) is 4.39 Å². The number of ether oxygens (including phenoxy) is 1. The lowest BCUT2D eigenvalue weighted by Gasteiger charge is -2.22. The highest BCUT2D eigenvalue weighted by atomic mass is 19.1. The third-order valence-electron chi connectivity index (χ3n) is 4.53. The molecule has 2 rings (SSSR count). The normalized spacial score (nSPS) is 18.2. The molecular weight excluding hydrogens is 323 g/mol. The first-order chi connectivity index (χ1) is 11.9. The number of rotatable bonds is 6. The molecule has 1 aromatic rings. The van der Waals surface area contributed by atoms with Crippen molar-refractivity contribution in [2.45, 2.75) is 45.6 Å². The first kappa shape index (κ1) is 19.2. The van der Waals surface area contributed by atoms with E-state index in [1.807, 2.05) is 4.90 Å². The van der Waals surface area contributed by atoms with Gasteiger partial charge in [0.05, 0.1) is 12.7 Å². The molecule has 1 heterocycles. The van der Waals surface area contributed by atoms with E-state index in [1.54, 1.807) is 0 Å². The standard InChI is InChI=1S/C19H27FN2O3/c1-13(2)8-10-22-11-9-15(5-7-18(22)23)21-19(24)16-6-4-14(20)12-17(16)25-3/h4,6,12-13,15H,5,7-11H2,1-3H3,(H,21,24). The zero-order valence-corrected chi connectivity index (χ0v) is 15.2. The fraction of sp³-hybridized carbons (Fsp3) is 0.579. The Morgan fingerprint density at radius 2 is 2.16 bits per heavy atom. The van der Waals surface area contributed by atoms with Gasteiger partial charge in [-0.05, 0) is 37.3 Å². The molecule has 2 amide bonds. The molecule has 1 atom stereocenters. The lowest BCUT2D eigenvalue weighted by molar-refractivity contribution is -0.130. The fourth-order valence-corrected chi connectivity index (χ4v) is 2.95. The summed E-state index contributed by atoms with van der Waals surface area (Å²) in [6.07, 6.45) is 2.75. The molecule has 0 radical (unpaired) electrons. The van der Waals surface area contributed by atoms with Crippen LogP contribution in [0.2, 0.25) is 0 Å². The average molecular weight is 350 g/mol. The largest absolute Gasteiger partial charge is 0.496 e. The van der Waals surface area contributed by atoms with Crippen LogP contribution in [0.4, 0.5) is 4.39 Å². The maximum absolute atomic E-state index is 13.3. The number of amides is 2. The van der Waals surface area contributed by atoms with Crippen LogP contribution in [-0.4, -0.2) is 43.0 Å². The van der Waals surface area contributed by atoms with Crippen LogP contribution in [0.3, 0.4) is 0 Å². The molecule has 0 aliphatic carbocycles. The van der Waals surface area contributed by atoms with Gasteiger partial charge in [-0.2, -0.15) is 0 Å². The van der Waals surface area contributed by atoms with Gasteiger partial charge in [0, 0.05) is 31.6 Å². The van der Waals surface area contributed by atoms with Gasteiger partial charge < -0.3 is 15.0 Å². The molecule has 0 aromatic heterocycles. The van der Waals surface area contributed by atoms with Crippen LogP contribution < -0.4 is 10.1 Å². The quantitative estimate of drug-likeness (QED) is 0.858.